The molecule has 1 atom stereocenters. The van der Waals surface area contributed by atoms with Gasteiger partial charge >= 0.3 is 5.97 Å². The van der Waals surface area contributed by atoms with Crippen LogP contribution < -0.4 is 14.2 Å². The van der Waals surface area contributed by atoms with E-state index in [1.165, 1.54) is 0 Å². The van der Waals surface area contributed by atoms with Gasteiger partial charge in [-0.25, -0.2) is 0 Å². The van der Waals surface area contributed by atoms with Gasteiger partial charge in [0.05, 0.1) is 5.92 Å². The number of amides is 1. The van der Waals surface area contributed by atoms with E-state index < -0.39 is 11.9 Å². The zero-order valence-electron chi connectivity index (χ0n) is 12.0. The second-order valence-corrected chi connectivity index (χ2v) is 5.32. The van der Waals surface area contributed by atoms with Crippen LogP contribution in [0.5, 0.6) is 17.2 Å². The van der Waals surface area contributed by atoms with Gasteiger partial charge in [-0.2, -0.15) is 0 Å². The maximum absolute atomic E-state index is 12.1. The number of hydrogen-bond donors (Lipinski definition) is 1. The first-order valence-electron chi connectivity index (χ1n) is 7.16. The molecule has 0 saturated carbocycles. The van der Waals surface area contributed by atoms with Crippen LogP contribution in [0.25, 0.3) is 0 Å². The molecule has 22 heavy (non-hydrogen) atoms. The molecule has 1 saturated heterocycles. The van der Waals surface area contributed by atoms with E-state index in [1.54, 1.807) is 23.1 Å². The lowest BCUT2D eigenvalue weighted by Gasteiger charge is -2.30. The Morgan fingerprint density at radius 2 is 2.14 bits per heavy atom. The largest absolute Gasteiger partial charge is 0.484 e. The van der Waals surface area contributed by atoms with E-state index in [9.17, 15) is 9.59 Å². The summed E-state index contributed by atoms with van der Waals surface area (Å²) in [6.45, 7) is 0.889. The standard InChI is InChI=1S/C15H17NO6/c17-14(16-5-1-2-10(7-16)15(18)19)8-20-11-3-4-12-13(6-11)22-9-21-12/h3-4,6,10H,1-2,5,7-9H2,(H,18,19)/t10-/m0/s1. The van der Waals surface area contributed by atoms with E-state index in [1.807, 2.05) is 0 Å². The molecule has 0 bridgehead atoms. The van der Waals surface area contributed by atoms with E-state index >= 15 is 0 Å². The Morgan fingerprint density at radius 3 is 2.95 bits per heavy atom. The second kappa shape index (κ2) is 6.13. The normalized spacial score (nSPS) is 19.8. The summed E-state index contributed by atoms with van der Waals surface area (Å²) in [4.78, 5) is 24.7. The average molecular weight is 307 g/mol. The van der Waals surface area contributed by atoms with E-state index in [2.05, 4.69) is 0 Å². The molecule has 0 spiro atoms. The van der Waals surface area contributed by atoms with Crippen LogP contribution in [0.2, 0.25) is 0 Å². The minimum absolute atomic E-state index is 0.119. The molecule has 0 radical (unpaired) electrons. The molecule has 118 valence electrons. The van der Waals surface area contributed by atoms with Crippen LogP contribution in [-0.4, -0.2) is 48.4 Å². The highest BCUT2D eigenvalue weighted by Crippen LogP contribution is 2.35. The summed E-state index contributed by atoms with van der Waals surface area (Å²) in [5, 5.41) is 9.04. The molecule has 7 heteroatoms. The number of benzene rings is 1. The summed E-state index contributed by atoms with van der Waals surface area (Å²) in [7, 11) is 0. The number of ether oxygens (including phenoxy) is 3. The van der Waals surface area contributed by atoms with Crippen LogP contribution in [-0.2, 0) is 9.59 Å². The van der Waals surface area contributed by atoms with Gasteiger partial charge in [0.1, 0.15) is 5.75 Å². The van der Waals surface area contributed by atoms with Gasteiger partial charge in [-0.1, -0.05) is 0 Å². The van der Waals surface area contributed by atoms with E-state index in [0.717, 1.165) is 0 Å². The molecular weight excluding hydrogens is 290 g/mol. The highest BCUT2D eigenvalue weighted by atomic mass is 16.7. The van der Waals surface area contributed by atoms with Crippen molar-refractivity contribution in [3.63, 3.8) is 0 Å². The second-order valence-electron chi connectivity index (χ2n) is 5.32. The highest BCUT2D eigenvalue weighted by molar-refractivity contribution is 5.79. The first kappa shape index (κ1) is 14.5. The molecule has 3 rings (SSSR count). The van der Waals surface area contributed by atoms with Crippen molar-refractivity contribution in [1.29, 1.82) is 0 Å². The third kappa shape index (κ3) is 3.08. The molecule has 2 heterocycles. The molecule has 0 aromatic heterocycles. The third-order valence-electron chi connectivity index (χ3n) is 3.83. The van der Waals surface area contributed by atoms with Crippen molar-refractivity contribution in [1.82, 2.24) is 4.90 Å². The molecule has 1 fully saturated rings. The lowest BCUT2D eigenvalue weighted by atomic mass is 9.98. The summed E-state index contributed by atoms with van der Waals surface area (Å²) in [6.07, 6.45) is 1.31. The lowest BCUT2D eigenvalue weighted by Crippen LogP contribution is -2.44. The number of carbonyl (C=O) groups is 2. The van der Waals surface area contributed by atoms with Crippen molar-refractivity contribution in [2.45, 2.75) is 12.8 Å². The zero-order valence-corrected chi connectivity index (χ0v) is 12.0. The molecule has 1 amide bonds. The number of carboxylic acid groups (broad SMARTS) is 1. The number of nitrogens with zero attached hydrogens (tertiary/aromatic N) is 1. The number of rotatable bonds is 4. The fourth-order valence-electron chi connectivity index (χ4n) is 2.61. The quantitative estimate of drug-likeness (QED) is 0.897. The molecule has 2 aliphatic rings. The molecule has 0 unspecified atom stereocenters. The Morgan fingerprint density at radius 1 is 1.32 bits per heavy atom. The fourth-order valence-corrected chi connectivity index (χ4v) is 2.61. The Hall–Kier alpha value is -2.44. The maximum atomic E-state index is 12.1. The van der Waals surface area contributed by atoms with Crippen LogP contribution >= 0.6 is 0 Å². The van der Waals surface area contributed by atoms with Crippen molar-refractivity contribution in [2.75, 3.05) is 26.5 Å². The summed E-state index contributed by atoms with van der Waals surface area (Å²) in [5.74, 6) is 0.221. The summed E-state index contributed by atoms with van der Waals surface area (Å²) < 4.78 is 15.9. The van der Waals surface area contributed by atoms with Gasteiger partial charge in [0.2, 0.25) is 6.79 Å². The van der Waals surface area contributed by atoms with Crippen molar-refractivity contribution in [3.05, 3.63) is 18.2 Å². The van der Waals surface area contributed by atoms with E-state index in [-0.39, 0.29) is 25.9 Å². The highest BCUT2D eigenvalue weighted by Gasteiger charge is 2.28. The number of fused-ring (bicyclic) bond motifs is 1. The number of hydrogen-bond acceptors (Lipinski definition) is 5. The summed E-state index contributed by atoms with van der Waals surface area (Å²) >= 11 is 0. The zero-order chi connectivity index (χ0) is 15.5. The van der Waals surface area contributed by atoms with Crippen molar-refractivity contribution in [3.8, 4) is 17.2 Å². The van der Waals surface area contributed by atoms with Crippen LogP contribution in [0.15, 0.2) is 18.2 Å². The summed E-state index contributed by atoms with van der Waals surface area (Å²) in [5.41, 5.74) is 0. The van der Waals surface area contributed by atoms with Gasteiger partial charge in [-0.3, -0.25) is 9.59 Å². The Kier molecular flexibility index (Phi) is 4.04. The lowest BCUT2D eigenvalue weighted by molar-refractivity contribution is -0.146. The van der Waals surface area contributed by atoms with Crippen molar-refractivity contribution < 1.29 is 28.9 Å². The SMILES string of the molecule is O=C(O)[C@H]1CCCN(C(=O)COc2ccc3c(c2)OCO3)C1. The molecular formula is C15H17NO6. The Labute approximate surface area is 127 Å². The topological polar surface area (TPSA) is 85.3 Å². The minimum Gasteiger partial charge on any atom is -0.484 e. The smallest absolute Gasteiger partial charge is 0.308 e. The maximum Gasteiger partial charge on any atom is 0.308 e. The molecule has 7 nitrogen and oxygen atoms in total. The third-order valence-corrected chi connectivity index (χ3v) is 3.83. The van der Waals surface area contributed by atoms with Gasteiger partial charge in [0.25, 0.3) is 5.91 Å². The van der Waals surface area contributed by atoms with Gasteiger partial charge in [0.15, 0.2) is 18.1 Å². The molecule has 1 N–H and O–H groups in total. The van der Waals surface area contributed by atoms with Crippen LogP contribution in [0.1, 0.15) is 12.8 Å². The monoisotopic (exact) mass is 307 g/mol. The number of aliphatic carboxylic acids is 1. The minimum atomic E-state index is -0.853. The first-order chi connectivity index (χ1) is 10.6. The average Bonchev–Trinajstić information content (AvgIpc) is 3.00. The van der Waals surface area contributed by atoms with E-state index in [0.29, 0.717) is 36.6 Å². The summed E-state index contributed by atoms with van der Waals surface area (Å²) in [6, 6.07) is 5.10. The molecule has 2 aliphatic heterocycles. The van der Waals surface area contributed by atoms with Gasteiger partial charge in [0, 0.05) is 19.2 Å². The van der Waals surface area contributed by atoms with E-state index in [4.69, 9.17) is 19.3 Å². The van der Waals surface area contributed by atoms with Gasteiger partial charge < -0.3 is 24.2 Å². The Bertz CT molecular complexity index is 587. The number of carboxylic acids is 1. The molecule has 1 aromatic rings. The van der Waals surface area contributed by atoms with Crippen LogP contribution in [0, 0.1) is 5.92 Å². The molecule has 1 aromatic carbocycles. The van der Waals surface area contributed by atoms with Gasteiger partial charge in [-0.05, 0) is 25.0 Å². The number of piperidine rings is 1. The Balaban J connectivity index is 1.54. The van der Waals surface area contributed by atoms with Crippen molar-refractivity contribution in [2.24, 2.45) is 5.92 Å². The predicted octanol–water partition coefficient (Wildman–Crippen LogP) is 1.12. The fraction of sp³-hybridized carbons (Fsp3) is 0.467. The predicted molar refractivity (Wildman–Crippen MR) is 75.0 cm³/mol. The van der Waals surface area contributed by atoms with Crippen LogP contribution in [0.4, 0.5) is 0 Å². The van der Waals surface area contributed by atoms with Gasteiger partial charge in [-0.15, -0.1) is 0 Å². The first-order valence-corrected chi connectivity index (χ1v) is 7.16. The number of likely N-dealkylation sites (tertiary alicyclic amines) is 1. The molecule has 0 aliphatic carbocycles. The number of carbonyl (C=O) groups excluding carboxylic acids is 1. The van der Waals surface area contributed by atoms with Crippen LogP contribution in [0.3, 0.4) is 0 Å². The van der Waals surface area contributed by atoms with Crippen molar-refractivity contribution >= 4 is 11.9 Å².